The highest BCUT2D eigenvalue weighted by atomic mass is 19.1. The highest BCUT2D eigenvalue weighted by Gasteiger charge is 2.31. The minimum absolute atomic E-state index is 0.0751. The van der Waals surface area contributed by atoms with Gasteiger partial charge in [0.15, 0.2) is 0 Å². The average Bonchev–Trinajstić information content (AvgIpc) is 3.21. The van der Waals surface area contributed by atoms with Crippen LogP contribution in [-0.4, -0.2) is 55.0 Å². The van der Waals surface area contributed by atoms with Crippen molar-refractivity contribution in [2.24, 2.45) is 5.92 Å². The number of hydrogen-bond acceptors (Lipinski definition) is 4. The van der Waals surface area contributed by atoms with Gasteiger partial charge in [-0.25, -0.2) is 4.39 Å². The number of furan rings is 1. The first kappa shape index (κ1) is 18.0. The zero-order valence-corrected chi connectivity index (χ0v) is 15.5. The number of piperazine rings is 1. The number of likely N-dealkylation sites (tertiary alicyclic amines) is 1. The number of benzene rings is 1. The van der Waals surface area contributed by atoms with Crippen LogP contribution in [-0.2, 0) is 11.3 Å². The first-order valence-corrected chi connectivity index (χ1v) is 9.73. The van der Waals surface area contributed by atoms with Gasteiger partial charge in [-0.3, -0.25) is 9.69 Å². The summed E-state index contributed by atoms with van der Waals surface area (Å²) in [5.41, 5.74) is 1.02. The number of hydrogen-bond donors (Lipinski definition) is 0. The summed E-state index contributed by atoms with van der Waals surface area (Å²) in [7, 11) is 0. The second-order valence-electron chi connectivity index (χ2n) is 7.44. The Morgan fingerprint density at radius 1 is 1.07 bits per heavy atom. The van der Waals surface area contributed by atoms with Crippen LogP contribution >= 0.6 is 0 Å². The van der Waals surface area contributed by atoms with E-state index in [9.17, 15) is 9.18 Å². The van der Waals surface area contributed by atoms with Crippen LogP contribution in [0.3, 0.4) is 0 Å². The number of nitrogens with zero attached hydrogens (tertiary/aromatic N) is 3. The number of rotatable bonds is 4. The summed E-state index contributed by atoms with van der Waals surface area (Å²) in [4.78, 5) is 19.5. The number of anilines is 1. The van der Waals surface area contributed by atoms with Crippen molar-refractivity contribution in [2.45, 2.75) is 19.4 Å². The second kappa shape index (κ2) is 8.13. The Kier molecular flexibility index (Phi) is 5.43. The third-order valence-corrected chi connectivity index (χ3v) is 5.60. The van der Waals surface area contributed by atoms with Gasteiger partial charge in [-0.05, 0) is 55.8 Å². The van der Waals surface area contributed by atoms with Crippen LogP contribution in [0.15, 0.2) is 47.1 Å². The summed E-state index contributed by atoms with van der Waals surface area (Å²) in [6.07, 6.45) is 3.71. The Balaban J connectivity index is 1.30. The largest absolute Gasteiger partial charge is 0.468 e. The maximum Gasteiger partial charge on any atom is 0.227 e. The molecule has 2 aromatic rings. The molecule has 27 heavy (non-hydrogen) atoms. The van der Waals surface area contributed by atoms with E-state index in [0.29, 0.717) is 0 Å². The topological polar surface area (TPSA) is 39.9 Å². The van der Waals surface area contributed by atoms with Gasteiger partial charge in [-0.1, -0.05) is 0 Å². The molecule has 3 heterocycles. The molecule has 0 radical (unpaired) electrons. The predicted octanol–water partition coefficient (Wildman–Crippen LogP) is 2.98. The minimum atomic E-state index is -0.219. The molecule has 2 aliphatic rings. The van der Waals surface area contributed by atoms with Gasteiger partial charge in [0, 0.05) is 38.4 Å². The predicted molar refractivity (Wildman–Crippen MR) is 102 cm³/mol. The van der Waals surface area contributed by atoms with Gasteiger partial charge in [-0.15, -0.1) is 0 Å². The lowest BCUT2D eigenvalue weighted by molar-refractivity contribution is -0.137. The molecule has 0 N–H and O–H groups in total. The van der Waals surface area contributed by atoms with Crippen LogP contribution in [0.1, 0.15) is 18.6 Å². The fraction of sp³-hybridized carbons (Fsp3) is 0.476. The van der Waals surface area contributed by atoms with Crippen molar-refractivity contribution in [3.63, 3.8) is 0 Å². The Hall–Kier alpha value is -2.34. The van der Waals surface area contributed by atoms with Crippen molar-refractivity contribution in [1.29, 1.82) is 0 Å². The summed E-state index contributed by atoms with van der Waals surface area (Å²) in [5.74, 6) is 1.09. The van der Waals surface area contributed by atoms with Crippen LogP contribution in [0.25, 0.3) is 0 Å². The van der Waals surface area contributed by atoms with E-state index in [1.807, 2.05) is 17.0 Å². The minimum Gasteiger partial charge on any atom is -0.468 e. The van der Waals surface area contributed by atoms with Gasteiger partial charge in [0.1, 0.15) is 11.6 Å². The standard InChI is InChI=1S/C21H26FN3O2/c22-18-5-7-19(8-6-18)24-10-12-25(13-11-24)21(26)17-3-1-9-23(15-17)16-20-4-2-14-27-20/h2,4-8,14,17H,1,3,9-13,15-16H2/t17-/m0/s1. The Morgan fingerprint density at radius 2 is 1.85 bits per heavy atom. The second-order valence-corrected chi connectivity index (χ2v) is 7.44. The van der Waals surface area contributed by atoms with Crippen LogP contribution < -0.4 is 4.90 Å². The van der Waals surface area contributed by atoms with Crippen molar-refractivity contribution >= 4 is 11.6 Å². The highest BCUT2D eigenvalue weighted by molar-refractivity contribution is 5.79. The number of halogens is 1. The fourth-order valence-corrected chi connectivity index (χ4v) is 4.12. The van der Waals surface area contributed by atoms with Crippen molar-refractivity contribution in [3.05, 3.63) is 54.2 Å². The van der Waals surface area contributed by atoms with Crippen molar-refractivity contribution in [2.75, 3.05) is 44.2 Å². The van der Waals surface area contributed by atoms with Gasteiger partial charge in [0.25, 0.3) is 0 Å². The molecule has 0 bridgehead atoms. The molecule has 1 amide bonds. The van der Waals surface area contributed by atoms with Gasteiger partial charge in [0.2, 0.25) is 5.91 Å². The Morgan fingerprint density at radius 3 is 2.56 bits per heavy atom. The summed E-state index contributed by atoms with van der Waals surface area (Å²) in [6.45, 7) is 5.63. The Bertz CT molecular complexity index is 739. The summed E-state index contributed by atoms with van der Waals surface area (Å²) < 4.78 is 18.5. The molecular weight excluding hydrogens is 345 g/mol. The molecule has 5 nitrogen and oxygen atoms in total. The molecule has 6 heteroatoms. The third-order valence-electron chi connectivity index (χ3n) is 5.60. The SMILES string of the molecule is O=C([C@H]1CCCN(Cc2ccco2)C1)N1CCN(c2ccc(F)cc2)CC1. The lowest BCUT2D eigenvalue weighted by atomic mass is 9.96. The van der Waals surface area contributed by atoms with E-state index in [0.717, 1.165) is 70.1 Å². The van der Waals surface area contributed by atoms with E-state index in [1.165, 1.54) is 12.1 Å². The van der Waals surface area contributed by atoms with E-state index >= 15 is 0 Å². The van der Waals surface area contributed by atoms with E-state index in [1.54, 1.807) is 18.4 Å². The number of carbonyl (C=O) groups is 1. The lowest BCUT2D eigenvalue weighted by Gasteiger charge is -2.39. The molecule has 0 unspecified atom stereocenters. The van der Waals surface area contributed by atoms with Gasteiger partial charge in [-0.2, -0.15) is 0 Å². The molecule has 1 aromatic heterocycles. The molecule has 2 aliphatic heterocycles. The van der Waals surface area contributed by atoms with E-state index < -0.39 is 0 Å². The molecular formula is C21H26FN3O2. The highest BCUT2D eigenvalue weighted by Crippen LogP contribution is 2.23. The maximum absolute atomic E-state index is 13.1. The molecule has 0 spiro atoms. The van der Waals surface area contributed by atoms with E-state index in [-0.39, 0.29) is 17.6 Å². The molecule has 0 saturated carbocycles. The first-order valence-electron chi connectivity index (χ1n) is 9.73. The van der Waals surface area contributed by atoms with Crippen LogP contribution in [0, 0.1) is 11.7 Å². The van der Waals surface area contributed by atoms with E-state index in [2.05, 4.69) is 9.80 Å². The van der Waals surface area contributed by atoms with Gasteiger partial charge in [0.05, 0.1) is 18.7 Å². The molecule has 1 atom stereocenters. The molecule has 4 rings (SSSR count). The molecule has 0 aliphatic carbocycles. The van der Waals surface area contributed by atoms with Gasteiger partial charge < -0.3 is 14.2 Å². The zero-order chi connectivity index (χ0) is 18.6. The normalized spacial score (nSPS) is 21.4. The summed E-state index contributed by atoms with van der Waals surface area (Å²) in [6, 6.07) is 10.5. The fourth-order valence-electron chi connectivity index (χ4n) is 4.12. The lowest BCUT2D eigenvalue weighted by Crippen LogP contribution is -2.52. The smallest absolute Gasteiger partial charge is 0.227 e. The molecule has 1 aromatic carbocycles. The quantitative estimate of drug-likeness (QED) is 0.828. The van der Waals surface area contributed by atoms with Gasteiger partial charge >= 0.3 is 0 Å². The third kappa shape index (κ3) is 4.33. The maximum atomic E-state index is 13.1. The number of carbonyl (C=O) groups excluding carboxylic acids is 1. The summed E-state index contributed by atoms with van der Waals surface area (Å²) in [5, 5.41) is 0. The molecule has 144 valence electrons. The van der Waals surface area contributed by atoms with Crippen LogP contribution in [0.4, 0.5) is 10.1 Å². The number of piperidine rings is 1. The van der Waals surface area contributed by atoms with Crippen LogP contribution in [0.2, 0.25) is 0 Å². The van der Waals surface area contributed by atoms with Crippen LogP contribution in [0.5, 0.6) is 0 Å². The molecule has 2 saturated heterocycles. The first-order chi connectivity index (χ1) is 13.2. The van der Waals surface area contributed by atoms with Crippen molar-refractivity contribution < 1.29 is 13.6 Å². The monoisotopic (exact) mass is 371 g/mol. The van der Waals surface area contributed by atoms with Crippen molar-refractivity contribution in [3.8, 4) is 0 Å². The molecule has 2 fully saturated rings. The van der Waals surface area contributed by atoms with Crippen molar-refractivity contribution in [1.82, 2.24) is 9.80 Å². The summed E-state index contributed by atoms with van der Waals surface area (Å²) >= 11 is 0. The zero-order valence-electron chi connectivity index (χ0n) is 15.5. The average molecular weight is 371 g/mol. The van der Waals surface area contributed by atoms with E-state index in [4.69, 9.17) is 4.42 Å². The Labute approximate surface area is 159 Å². The number of amides is 1.